The van der Waals surface area contributed by atoms with Crippen molar-refractivity contribution >= 4 is 32.2 Å². The van der Waals surface area contributed by atoms with E-state index >= 15 is 0 Å². The van der Waals surface area contributed by atoms with Gasteiger partial charge in [-0.05, 0) is 18.1 Å². The van der Waals surface area contributed by atoms with Crippen LogP contribution in [0.15, 0.2) is 15.9 Å². The van der Waals surface area contributed by atoms with Gasteiger partial charge < -0.3 is 19.3 Å². The predicted octanol–water partition coefficient (Wildman–Crippen LogP) is -6.54. The summed E-state index contributed by atoms with van der Waals surface area (Å²) >= 11 is 0. The molecule has 0 spiro atoms. The molecule has 0 fully saturated rings. The summed E-state index contributed by atoms with van der Waals surface area (Å²) in [5.74, 6) is -3.97. The van der Waals surface area contributed by atoms with Crippen LogP contribution in [0.3, 0.4) is 0 Å². The predicted molar refractivity (Wildman–Crippen MR) is 65.7 cm³/mol. The van der Waals surface area contributed by atoms with Crippen molar-refractivity contribution in [1.29, 1.82) is 0 Å². The zero-order valence-corrected chi connectivity index (χ0v) is 18.4. The number of benzene rings is 1. The minimum absolute atomic E-state index is 0. The van der Waals surface area contributed by atoms with E-state index in [0.29, 0.717) is 0 Å². The molecule has 14 heteroatoms. The summed E-state index contributed by atoms with van der Waals surface area (Å²) in [6, 6.07) is 0.0675. The van der Waals surface area contributed by atoms with E-state index in [0.717, 1.165) is 0 Å². The van der Waals surface area contributed by atoms with Crippen molar-refractivity contribution in [2.75, 3.05) is 0 Å². The molecule has 0 saturated heterocycles. The number of rotatable bonds is 5. The molecule has 1 aromatic carbocycles. The third-order valence-electron chi connectivity index (χ3n) is 2.66. The maximum atomic E-state index is 11.2. The molecule has 0 unspecified atom stereocenters. The van der Waals surface area contributed by atoms with Gasteiger partial charge in [-0.3, -0.25) is 0 Å². The van der Waals surface area contributed by atoms with Gasteiger partial charge >= 0.3 is 71.1 Å². The molecule has 0 aromatic heterocycles. The Bertz CT molecular complexity index is 873. The molecule has 1 rings (SSSR count). The fourth-order valence-corrected chi connectivity index (χ4v) is 3.59. The minimum atomic E-state index is -5.43. The van der Waals surface area contributed by atoms with Crippen molar-refractivity contribution in [1.82, 2.24) is 0 Å². The second kappa shape index (κ2) is 9.07. The first-order chi connectivity index (χ1) is 9.82. The van der Waals surface area contributed by atoms with Crippen molar-refractivity contribution in [2.24, 2.45) is 0 Å². The smallest absolute Gasteiger partial charge is 0.744 e. The number of hydrogen-bond donors (Lipinski definition) is 2. The molecule has 0 amide bonds. The van der Waals surface area contributed by atoms with Crippen LogP contribution in [0, 0.1) is 0 Å². The van der Waals surface area contributed by atoms with Gasteiger partial charge in [-0.2, -0.15) is 0 Å². The minimum Gasteiger partial charge on any atom is -0.744 e. The molecule has 10 nitrogen and oxygen atoms in total. The largest absolute Gasteiger partial charge is 1.00 e. The van der Waals surface area contributed by atoms with Crippen molar-refractivity contribution in [3.8, 4) is 0 Å². The number of carboxylic acid groups (broad SMARTS) is 2. The SMILES string of the molecule is CCc1c(C(=O)O)c(S(=O)(=O)[O-])cc(C(=O)O)c1S(=O)(=O)[O-].[Na+].[Na+]. The maximum absolute atomic E-state index is 11.2. The number of carbonyl (C=O) groups is 2. The van der Waals surface area contributed by atoms with Crippen LogP contribution in [0.2, 0.25) is 0 Å². The van der Waals surface area contributed by atoms with E-state index in [1.807, 2.05) is 0 Å². The molecule has 0 heterocycles. The van der Waals surface area contributed by atoms with Gasteiger partial charge in [-0.1, -0.05) is 6.92 Å². The fraction of sp³-hybridized carbons (Fsp3) is 0.200. The Labute approximate surface area is 181 Å². The number of aromatic carboxylic acids is 2. The standard InChI is InChI=1S/C10H10O10S2.2Na/c1-2-4-7(10(13)14)6(21(15,16)17)3-5(9(11)12)8(4)22(18,19)20;;/h3H,2H2,1H3,(H,11,12)(H,13,14)(H,15,16,17)(H,18,19,20);;/q;2*+1/p-2. The van der Waals surface area contributed by atoms with Crippen LogP contribution in [0.5, 0.6) is 0 Å². The summed E-state index contributed by atoms with van der Waals surface area (Å²) in [5, 5.41) is 17.9. The normalized spacial score (nSPS) is 11.1. The van der Waals surface area contributed by atoms with Gasteiger partial charge in [-0.25, -0.2) is 26.4 Å². The Morgan fingerprint density at radius 2 is 1.46 bits per heavy atom. The number of carboxylic acids is 2. The second-order valence-electron chi connectivity index (χ2n) is 3.98. The zero-order valence-electron chi connectivity index (χ0n) is 12.8. The average Bonchev–Trinajstić information content (AvgIpc) is 2.33. The Morgan fingerprint density at radius 3 is 1.71 bits per heavy atom. The van der Waals surface area contributed by atoms with Gasteiger partial charge in [0.1, 0.15) is 20.2 Å². The first kappa shape index (κ1) is 26.2. The third kappa shape index (κ3) is 5.49. The van der Waals surface area contributed by atoms with Crippen molar-refractivity contribution < 1.29 is 105 Å². The molecule has 0 aliphatic carbocycles. The van der Waals surface area contributed by atoms with Gasteiger partial charge in [-0.15, -0.1) is 0 Å². The molecule has 1 aromatic rings. The molecule has 0 bridgehead atoms. The molecule has 0 aliphatic rings. The molecular formula is C10H8Na2O10S2. The first-order valence-electron chi connectivity index (χ1n) is 5.40. The van der Waals surface area contributed by atoms with Crippen molar-refractivity contribution in [3.05, 3.63) is 22.8 Å². The molecule has 0 saturated carbocycles. The summed E-state index contributed by atoms with van der Waals surface area (Å²) in [5.41, 5.74) is -3.35. The second-order valence-corrected chi connectivity index (χ2v) is 6.64. The van der Waals surface area contributed by atoms with Crippen LogP contribution < -0.4 is 59.1 Å². The van der Waals surface area contributed by atoms with E-state index < -0.39 is 65.1 Å². The summed E-state index contributed by atoms with van der Waals surface area (Å²) in [7, 11) is -10.9. The number of hydrogen-bond acceptors (Lipinski definition) is 8. The van der Waals surface area contributed by atoms with E-state index in [2.05, 4.69) is 0 Å². The van der Waals surface area contributed by atoms with Crippen molar-refractivity contribution in [3.63, 3.8) is 0 Å². The average molecular weight is 398 g/mol. The Balaban J connectivity index is 0. The molecule has 0 aliphatic heterocycles. The molecular weight excluding hydrogens is 390 g/mol. The van der Waals surface area contributed by atoms with Gasteiger partial charge in [0.25, 0.3) is 0 Å². The third-order valence-corrected chi connectivity index (χ3v) is 4.49. The van der Waals surface area contributed by atoms with E-state index in [9.17, 15) is 35.5 Å². The van der Waals surface area contributed by atoms with Gasteiger partial charge in [0.2, 0.25) is 0 Å². The van der Waals surface area contributed by atoms with Gasteiger partial charge in [0.05, 0.1) is 20.9 Å². The maximum Gasteiger partial charge on any atom is 1.00 e. The Hall–Kier alpha value is -0.0200. The Morgan fingerprint density at radius 1 is 1.00 bits per heavy atom. The summed E-state index contributed by atoms with van der Waals surface area (Å²) in [6.45, 7) is 1.17. The molecule has 0 atom stereocenters. The van der Waals surface area contributed by atoms with Gasteiger partial charge in [0.15, 0.2) is 0 Å². The fourth-order valence-electron chi connectivity index (χ4n) is 1.91. The van der Waals surface area contributed by atoms with Crippen LogP contribution in [-0.2, 0) is 26.7 Å². The van der Waals surface area contributed by atoms with E-state index in [4.69, 9.17) is 10.2 Å². The monoisotopic (exact) mass is 398 g/mol. The molecule has 122 valence electrons. The Kier molecular flexibility index (Phi) is 9.91. The summed E-state index contributed by atoms with van der Waals surface area (Å²) < 4.78 is 67.1. The summed E-state index contributed by atoms with van der Waals surface area (Å²) in [6.07, 6.45) is -0.498. The topological polar surface area (TPSA) is 189 Å². The van der Waals surface area contributed by atoms with E-state index in [-0.39, 0.29) is 65.2 Å². The van der Waals surface area contributed by atoms with Crippen LogP contribution >= 0.6 is 0 Å². The molecule has 2 N–H and O–H groups in total. The van der Waals surface area contributed by atoms with E-state index in [1.54, 1.807) is 0 Å². The van der Waals surface area contributed by atoms with Crippen LogP contribution in [0.1, 0.15) is 33.2 Å². The van der Waals surface area contributed by atoms with Crippen molar-refractivity contribution in [2.45, 2.75) is 23.1 Å². The zero-order chi connectivity index (χ0) is 17.5. The molecule has 0 radical (unpaired) electrons. The van der Waals surface area contributed by atoms with Crippen LogP contribution in [0.4, 0.5) is 0 Å². The van der Waals surface area contributed by atoms with Crippen LogP contribution in [0.25, 0.3) is 0 Å². The van der Waals surface area contributed by atoms with E-state index in [1.165, 1.54) is 6.92 Å². The molecule has 24 heavy (non-hydrogen) atoms. The first-order valence-corrected chi connectivity index (χ1v) is 8.22. The quantitative estimate of drug-likeness (QED) is 0.356. The van der Waals surface area contributed by atoms with Gasteiger partial charge in [0, 0.05) is 0 Å². The van der Waals surface area contributed by atoms with Crippen LogP contribution in [-0.4, -0.2) is 48.1 Å². The summed E-state index contributed by atoms with van der Waals surface area (Å²) in [4.78, 5) is 19.4.